The lowest BCUT2D eigenvalue weighted by Gasteiger charge is -2.16. The Morgan fingerprint density at radius 2 is 2.04 bits per heavy atom. The Morgan fingerprint density at radius 1 is 1.26 bits per heavy atom. The highest BCUT2D eigenvalue weighted by atomic mass is 16.5. The van der Waals surface area contributed by atoms with Crippen LogP contribution in [-0.4, -0.2) is 27.2 Å². The van der Waals surface area contributed by atoms with Gasteiger partial charge in [-0.25, -0.2) is 4.79 Å². The number of hydrogen-bond donors (Lipinski definition) is 2. The van der Waals surface area contributed by atoms with E-state index in [0.717, 1.165) is 40.6 Å². The topological polar surface area (TPSA) is 84.3 Å². The molecule has 3 rings (SSSR count). The number of aromatic carboxylic acids is 1. The largest absolute Gasteiger partial charge is 0.492 e. The summed E-state index contributed by atoms with van der Waals surface area (Å²) in [7, 11) is 1.97. The lowest BCUT2D eigenvalue weighted by atomic mass is 9.99. The zero-order chi connectivity index (χ0) is 19.6. The molecule has 0 unspecified atom stereocenters. The summed E-state index contributed by atoms with van der Waals surface area (Å²) >= 11 is 0. The first-order chi connectivity index (χ1) is 13.0. The molecule has 2 N–H and O–H groups in total. The summed E-state index contributed by atoms with van der Waals surface area (Å²) < 4.78 is 8.14. The second kappa shape index (κ2) is 7.70. The number of benzene rings is 1. The number of hydrogen-bond acceptors (Lipinski definition) is 3. The van der Waals surface area contributed by atoms with Crippen molar-refractivity contribution in [3.8, 4) is 17.0 Å². The molecule has 2 aromatic heterocycles. The van der Waals surface area contributed by atoms with Gasteiger partial charge in [-0.3, -0.25) is 4.79 Å². The predicted molar refractivity (Wildman–Crippen MR) is 106 cm³/mol. The van der Waals surface area contributed by atoms with Gasteiger partial charge >= 0.3 is 5.97 Å². The first-order valence-electron chi connectivity index (χ1n) is 9.18. The number of aryl methyl sites for hydroxylation is 2. The Hall–Kier alpha value is -3.02. The van der Waals surface area contributed by atoms with Crippen molar-refractivity contribution in [1.82, 2.24) is 9.55 Å². The van der Waals surface area contributed by atoms with Crippen LogP contribution in [-0.2, 0) is 13.5 Å². The van der Waals surface area contributed by atoms with E-state index >= 15 is 0 Å². The molecule has 0 saturated carbocycles. The van der Waals surface area contributed by atoms with Crippen LogP contribution in [0.3, 0.4) is 0 Å². The van der Waals surface area contributed by atoms with Crippen molar-refractivity contribution in [3.05, 3.63) is 51.9 Å². The molecule has 0 spiro atoms. The van der Waals surface area contributed by atoms with Gasteiger partial charge in [-0.1, -0.05) is 20.3 Å². The minimum atomic E-state index is -1.23. The van der Waals surface area contributed by atoms with Gasteiger partial charge in [0.15, 0.2) is 0 Å². The lowest BCUT2D eigenvalue weighted by molar-refractivity contribution is 0.0695. The second-order valence-electron chi connectivity index (χ2n) is 6.57. The number of H-pyrrole nitrogens is 1. The molecule has 0 saturated heterocycles. The van der Waals surface area contributed by atoms with Gasteiger partial charge in [0.1, 0.15) is 11.3 Å². The van der Waals surface area contributed by atoms with Crippen molar-refractivity contribution < 1.29 is 14.6 Å². The second-order valence-corrected chi connectivity index (χ2v) is 6.57. The molecule has 6 heteroatoms. The Bertz CT molecular complexity index is 1050. The summed E-state index contributed by atoms with van der Waals surface area (Å²) in [5.74, 6) is -0.509. The van der Waals surface area contributed by atoms with E-state index in [-0.39, 0.29) is 5.56 Å². The molecule has 6 nitrogen and oxygen atoms in total. The van der Waals surface area contributed by atoms with Crippen LogP contribution < -0.4 is 10.3 Å². The lowest BCUT2D eigenvalue weighted by Crippen LogP contribution is -2.19. The molecule has 0 atom stereocenters. The quantitative estimate of drug-likeness (QED) is 0.618. The molecule has 3 aromatic rings. The molecule has 2 heterocycles. The van der Waals surface area contributed by atoms with Crippen LogP contribution in [0.1, 0.15) is 42.6 Å². The molecule has 0 fully saturated rings. The van der Waals surface area contributed by atoms with E-state index in [1.165, 1.54) is 6.07 Å². The Morgan fingerprint density at radius 3 is 2.70 bits per heavy atom. The number of carboxylic acids is 1. The molecule has 0 bridgehead atoms. The number of carboxylic acid groups (broad SMARTS) is 1. The minimum Gasteiger partial charge on any atom is -0.492 e. The highest BCUT2D eigenvalue weighted by Gasteiger charge is 2.19. The van der Waals surface area contributed by atoms with E-state index < -0.39 is 11.5 Å². The maximum atomic E-state index is 12.3. The number of unbranched alkanes of at least 4 members (excludes halogenated alkanes) is 1. The summed E-state index contributed by atoms with van der Waals surface area (Å²) in [5.41, 5.74) is 2.34. The maximum Gasteiger partial charge on any atom is 0.341 e. The van der Waals surface area contributed by atoms with Gasteiger partial charge in [0.05, 0.1) is 17.8 Å². The molecule has 0 aliphatic rings. The highest BCUT2D eigenvalue weighted by molar-refractivity contribution is 5.94. The smallest absolute Gasteiger partial charge is 0.341 e. The van der Waals surface area contributed by atoms with Gasteiger partial charge in [0, 0.05) is 24.2 Å². The van der Waals surface area contributed by atoms with Gasteiger partial charge in [0.2, 0.25) is 0 Å². The number of rotatable bonds is 7. The average Bonchev–Trinajstić information content (AvgIpc) is 3.03. The minimum absolute atomic E-state index is 0.246. The van der Waals surface area contributed by atoms with Crippen LogP contribution in [0, 0.1) is 0 Å². The number of ether oxygens (including phenoxy) is 1. The maximum absolute atomic E-state index is 12.3. The molecule has 1 aromatic carbocycles. The summed E-state index contributed by atoms with van der Waals surface area (Å²) in [5, 5.41) is 10.2. The van der Waals surface area contributed by atoms with Crippen molar-refractivity contribution in [2.24, 2.45) is 7.05 Å². The average molecular weight is 368 g/mol. The van der Waals surface area contributed by atoms with E-state index in [0.29, 0.717) is 18.7 Å². The highest BCUT2D eigenvalue weighted by Crippen LogP contribution is 2.38. The molecular weight excluding hydrogens is 344 g/mol. The van der Waals surface area contributed by atoms with E-state index in [1.54, 1.807) is 0 Å². The van der Waals surface area contributed by atoms with E-state index in [4.69, 9.17) is 4.74 Å². The van der Waals surface area contributed by atoms with Crippen molar-refractivity contribution in [2.75, 3.05) is 6.61 Å². The van der Waals surface area contributed by atoms with Gasteiger partial charge < -0.3 is 19.4 Å². The third kappa shape index (κ3) is 3.47. The number of carbonyl (C=O) groups is 1. The van der Waals surface area contributed by atoms with Crippen LogP contribution in [0.5, 0.6) is 5.75 Å². The van der Waals surface area contributed by atoms with Crippen molar-refractivity contribution >= 4 is 16.9 Å². The summed E-state index contributed by atoms with van der Waals surface area (Å²) in [6.45, 7) is 4.61. The molecule has 0 aliphatic heterocycles. The zero-order valence-corrected chi connectivity index (χ0v) is 15.8. The third-order valence-electron chi connectivity index (χ3n) is 4.77. The molecule has 0 aliphatic carbocycles. The zero-order valence-electron chi connectivity index (χ0n) is 15.8. The Kier molecular flexibility index (Phi) is 5.35. The number of nitrogens with zero attached hydrogens (tertiary/aromatic N) is 1. The van der Waals surface area contributed by atoms with Gasteiger partial charge in [-0.15, -0.1) is 0 Å². The van der Waals surface area contributed by atoms with Gasteiger partial charge in [-0.05, 0) is 42.7 Å². The summed E-state index contributed by atoms with van der Waals surface area (Å²) in [6.07, 6.45) is 4.51. The van der Waals surface area contributed by atoms with Crippen LogP contribution in [0.4, 0.5) is 0 Å². The van der Waals surface area contributed by atoms with E-state index in [9.17, 15) is 14.7 Å². The van der Waals surface area contributed by atoms with Crippen LogP contribution in [0.2, 0.25) is 0 Å². The van der Waals surface area contributed by atoms with Crippen LogP contribution >= 0.6 is 0 Å². The third-order valence-corrected chi connectivity index (χ3v) is 4.77. The van der Waals surface area contributed by atoms with Gasteiger partial charge in [-0.2, -0.15) is 0 Å². The standard InChI is InChI=1S/C21H24N2O4/c1-4-6-11-27-19-14-9-10-23(3)17(14)8-7-15(19)18-13(5-2)12-16(21(25)26)20(24)22-18/h7-10,12H,4-6,11H2,1-3H3,(H,22,24)(H,25,26). The first kappa shape index (κ1) is 18.8. The number of aromatic nitrogens is 2. The fourth-order valence-electron chi connectivity index (χ4n) is 3.25. The molecular formula is C21H24N2O4. The van der Waals surface area contributed by atoms with Crippen molar-refractivity contribution in [3.63, 3.8) is 0 Å². The van der Waals surface area contributed by atoms with Crippen LogP contribution in [0.15, 0.2) is 35.3 Å². The van der Waals surface area contributed by atoms with E-state index in [1.807, 2.05) is 42.9 Å². The predicted octanol–water partition coefficient (Wildman–Crippen LogP) is 3.97. The van der Waals surface area contributed by atoms with Crippen molar-refractivity contribution in [2.45, 2.75) is 33.1 Å². The molecule has 0 amide bonds. The fraction of sp³-hybridized carbons (Fsp3) is 0.333. The van der Waals surface area contributed by atoms with Gasteiger partial charge in [0.25, 0.3) is 5.56 Å². The molecule has 0 radical (unpaired) electrons. The van der Waals surface area contributed by atoms with Crippen LogP contribution in [0.25, 0.3) is 22.2 Å². The summed E-state index contributed by atoms with van der Waals surface area (Å²) in [4.78, 5) is 26.4. The number of fused-ring (bicyclic) bond motifs is 1. The Balaban J connectivity index is 2.24. The fourth-order valence-corrected chi connectivity index (χ4v) is 3.25. The number of nitrogens with one attached hydrogen (secondary N) is 1. The number of pyridine rings is 1. The number of aromatic amines is 1. The Labute approximate surface area is 157 Å². The monoisotopic (exact) mass is 368 g/mol. The van der Waals surface area contributed by atoms with Crippen molar-refractivity contribution in [1.29, 1.82) is 0 Å². The molecule has 142 valence electrons. The molecule has 27 heavy (non-hydrogen) atoms. The first-order valence-corrected chi connectivity index (χ1v) is 9.18. The van der Waals surface area contributed by atoms with E-state index in [2.05, 4.69) is 11.9 Å². The SMILES string of the molecule is CCCCOc1c(-c2[nH]c(=O)c(C(=O)O)cc2CC)ccc2c1ccn2C. The summed E-state index contributed by atoms with van der Waals surface area (Å²) in [6, 6.07) is 7.37. The normalized spacial score (nSPS) is 11.1.